The third-order valence-electron chi connectivity index (χ3n) is 2.84. The molecule has 0 amide bonds. The molecular weight excluding hydrogens is 214 g/mol. The van der Waals surface area contributed by atoms with Crippen LogP contribution in [0.15, 0.2) is 18.2 Å². The first-order chi connectivity index (χ1) is 8.06. The Hall–Kier alpha value is -1.06. The van der Waals surface area contributed by atoms with Crippen LogP contribution in [0, 0.1) is 6.92 Å². The summed E-state index contributed by atoms with van der Waals surface area (Å²) in [6.45, 7) is 9.45. The van der Waals surface area contributed by atoms with E-state index in [0.29, 0.717) is 0 Å². The van der Waals surface area contributed by atoms with E-state index in [1.54, 1.807) is 6.92 Å². The van der Waals surface area contributed by atoms with Crippen LogP contribution in [0.5, 0.6) is 5.75 Å². The lowest BCUT2D eigenvalue weighted by Gasteiger charge is -2.21. The standard InChI is InChI=1S/C14H23NO2/c1-5-15-9-13-8-6-7-10(2)14(13)17-12(4)11(3)16/h6-8,11-12,15-16H,5,9H2,1-4H3. The molecule has 0 fully saturated rings. The van der Waals surface area contributed by atoms with E-state index in [4.69, 9.17) is 4.74 Å². The van der Waals surface area contributed by atoms with Gasteiger partial charge >= 0.3 is 0 Å². The van der Waals surface area contributed by atoms with E-state index in [1.165, 1.54) is 0 Å². The highest BCUT2D eigenvalue weighted by Crippen LogP contribution is 2.25. The van der Waals surface area contributed by atoms with Crippen molar-refractivity contribution in [1.82, 2.24) is 5.32 Å². The van der Waals surface area contributed by atoms with Gasteiger partial charge in [0, 0.05) is 12.1 Å². The van der Waals surface area contributed by atoms with Gasteiger partial charge in [-0.1, -0.05) is 25.1 Å². The molecule has 0 heterocycles. The van der Waals surface area contributed by atoms with E-state index in [-0.39, 0.29) is 6.10 Å². The zero-order valence-electron chi connectivity index (χ0n) is 11.2. The highest BCUT2D eigenvalue weighted by atomic mass is 16.5. The number of ether oxygens (including phenoxy) is 1. The molecule has 0 saturated carbocycles. The third-order valence-corrected chi connectivity index (χ3v) is 2.84. The monoisotopic (exact) mass is 237 g/mol. The molecule has 0 aliphatic carbocycles. The summed E-state index contributed by atoms with van der Waals surface area (Å²) >= 11 is 0. The second-order valence-corrected chi connectivity index (χ2v) is 4.41. The lowest BCUT2D eigenvalue weighted by Crippen LogP contribution is -2.26. The molecule has 2 unspecified atom stereocenters. The Morgan fingerprint density at radius 2 is 2.06 bits per heavy atom. The molecule has 0 spiro atoms. The fraction of sp³-hybridized carbons (Fsp3) is 0.571. The number of aliphatic hydroxyl groups is 1. The summed E-state index contributed by atoms with van der Waals surface area (Å²) in [5.74, 6) is 0.891. The first-order valence-corrected chi connectivity index (χ1v) is 6.20. The number of nitrogens with one attached hydrogen (secondary N) is 1. The van der Waals surface area contributed by atoms with Gasteiger partial charge in [-0.25, -0.2) is 0 Å². The number of rotatable bonds is 6. The summed E-state index contributed by atoms with van der Waals surface area (Å²) in [6.07, 6.45) is -0.668. The quantitative estimate of drug-likeness (QED) is 0.797. The normalized spacial score (nSPS) is 14.4. The van der Waals surface area contributed by atoms with E-state index >= 15 is 0 Å². The first-order valence-electron chi connectivity index (χ1n) is 6.20. The maximum atomic E-state index is 9.50. The SMILES string of the molecule is CCNCc1cccc(C)c1OC(C)C(C)O. The van der Waals surface area contributed by atoms with Gasteiger partial charge in [-0.05, 0) is 32.9 Å². The third kappa shape index (κ3) is 4.02. The van der Waals surface area contributed by atoms with Gasteiger partial charge in [-0.3, -0.25) is 0 Å². The molecule has 0 radical (unpaired) electrons. The zero-order valence-corrected chi connectivity index (χ0v) is 11.2. The summed E-state index contributed by atoms with van der Waals surface area (Å²) in [5.41, 5.74) is 2.24. The molecule has 96 valence electrons. The fourth-order valence-corrected chi connectivity index (χ4v) is 1.57. The van der Waals surface area contributed by atoms with E-state index in [1.807, 2.05) is 26.0 Å². The summed E-state index contributed by atoms with van der Waals surface area (Å²) in [5, 5.41) is 12.8. The predicted molar refractivity (Wildman–Crippen MR) is 70.3 cm³/mol. The maximum absolute atomic E-state index is 9.50. The predicted octanol–water partition coefficient (Wildman–Crippen LogP) is 2.25. The minimum atomic E-state index is -0.471. The van der Waals surface area contributed by atoms with Crippen molar-refractivity contribution in [3.05, 3.63) is 29.3 Å². The number of para-hydroxylation sites is 1. The zero-order chi connectivity index (χ0) is 12.8. The second-order valence-electron chi connectivity index (χ2n) is 4.41. The van der Waals surface area contributed by atoms with Gasteiger partial charge < -0.3 is 15.2 Å². The molecule has 3 nitrogen and oxygen atoms in total. The Balaban J connectivity index is 2.87. The average Bonchev–Trinajstić information content (AvgIpc) is 2.29. The van der Waals surface area contributed by atoms with Gasteiger partial charge in [0.25, 0.3) is 0 Å². The summed E-state index contributed by atoms with van der Waals surface area (Å²) in [4.78, 5) is 0. The summed E-state index contributed by atoms with van der Waals surface area (Å²) < 4.78 is 5.84. The van der Waals surface area contributed by atoms with Gasteiger partial charge in [0.1, 0.15) is 11.9 Å². The summed E-state index contributed by atoms with van der Waals surface area (Å²) in [6, 6.07) is 6.11. The van der Waals surface area contributed by atoms with Crippen molar-refractivity contribution in [3.8, 4) is 5.75 Å². The Bertz CT molecular complexity index is 350. The van der Waals surface area contributed by atoms with Crippen molar-refractivity contribution < 1.29 is 9.84 Å². The Morgan fingerprint density at radius 3 is 2.65 bits per heavy atom. The topological polar surface area (TPSA) is 41.5 Å². The average molecular weight is 237 g/mol. The number of hydrogen-bond acceptors (Lipinski definition) is 3. The molecule has 0 bridgehead atoms. The van der Waals surface area contributed by atoms with Crippen molar-refractivity contribution in [1.29, 1.82) is 0 Å². The second kappa shape index (κ2) is 6.62. The highest BCUT2D eigenvalue weighted by Gasteiger charge is 2.14. The van der Waals surface area contributed by atoms with Crippen LogP contribution < -0.4 is 10.1 Å². The molecule has 0 aliphatic heterocycles. The number of hydrogen-bond donors (Lipinski definition) is 2. The van der Waals surface area contributed by atoms with Gasteiger partial charge in [-0.15, -0.1) is 0 Å². The lowest BCUT2D eigenvalue weighted by atomic mass is 10.1. The number of aliphatic hydroxyl groups excluding tert-OH is 1. The number of aryl methyl sites for hydroxylation is 1. The van der Waals surface area contributed by atoms with Crippen LogP contribution in [0.1, 0.15) is 31.9 Å². The Labute approximate surface area is 104 Å². The van der Waals surface area contributed by atoms with Crippen LogP contribution in [0.25, 0.3) is 0 Å². The van der Waals surface area contributed by atoms with Crippen LogP contribution in [-0.4, -0.2) is 23.9 Å². The van der Waals surface area contributed by atoms with Crippen molar-refractivity contribution in [2.45, 2.75) is 46.4 Å². The number of benzene rings is 1. The lowest BCUT2D eigenvalue weighted by molar-refractivity contribution is 0.0593. The molecule has 2 N–H and O–H groups in total. The maximum Gasteiger partial charge on any atom is 0.127 e. The largest absolute Gasteiger partial charge is 0.487 e. The highest BCUT2D eigenvalue weighted by molar-refractivity contribution is 5.40. The first kappa shape index (κ1) is 14.0. The van der Waals surface area contributed by atoms with E-state index in [9.17, 15) is 5.11 Å². The van der Waals surface area contributed by atoms with Gasteiger partial charge in [0.2, 0.25) is 0 Å². The van der Waals surface area contributed by atoms with Crippen LogP contribution in [0.2, 0.25) is 0 Å². The van der Waals surface area contributed by atoms with Gasteiger partial charge in [0.05, 0.1) is 6.10 Å². The van der Waals surface area contributed by atoms with Crippen LogP contribution in [-0.2, 0) is 6.54 Å². The molecule has 1 aromatic carbocycles. The van der Waals surface area contributed by atoms with Gasteiger partial charge in [0.15, 0.2) is 0 Å². The molecule has 1 rings (SSSR count). The molecule has 3 heteroatoms. The minimum absolute atomic E-state index is 0.198. The molecule has 0 saturated heterocycles. The van der Waals surface area contributed by atoms with Crippen molar-refractivity contribution in [2.75, 3.05) is 6.54 Å². The molecule has 17 heavy (non-hydrogen) atoms. The van der Waals surface area contributed by atoms with Crippen LogP contribution in [0.4, 0.5) is 0 Å². The Morgan fingerprint density at radius 1 is 1.35 bits per heavy atom. The van der Waals surface area contributed by atoms with Gasteiger partial charge in [-0.2, -0.15) is 0 Å². The molecular formula is C14H23NO2. The fourth-order valence-electron chi connectivity index (χ4n) is 1.57. The van der Waals surface area contributed by atoms with E-state index in [0.717, 1.165) is 30.0 Å². The molecule has 2 atom stereocenters. The Kier molecular flexibility index (Phi) is 5.45. The van der Waals surface area contributed by atoms with Crippen molar-refractivity contribution >= 4 is 0 Å². The van der Waals surface area contributed by atoms with Crippen molar-refractivity contribution in [3.63, 3.8) is 0 Å². The molecule has 0 aliphatic rings. The van der Waals surface area contributed by atoms with Crippen LogP contribution >= 0.6 is 0 Å². The smallest absolute Gasteiger partial charge is 0.127 e. The molecule has 0 aromatic heterocycles. The van der Waals surface area contributed by atoms with Crippen LogP contribution in [0.3, 0.4) is 0 Å². The molecule has 1 aromatic rings. The summed E-state index contributed by atoms with van der Waals surface area (Å²) in [7, 11) is 0. The van der Waals surface area contributed by atoms with E-state index < -0.39 is 6.10 Å². The van der Waals surface area contributed by atoms with Crippen molar-refractivity contribution in [2.24, 2.45) is 0 Å². The minimum Gasteiger partial charge on any atom is -0.487 e. The van der Waals surface area contributed by atoms with E-state index in [2.05, 4.69) is 18.3 Å².